The van der Waals surface area contributed by atoms with Gasteiger partial charge in [-0.3, -0.25) is 0 Å². The largest absolute Gasteiger partial charge is 0.383 e. The number of hydrogen-bond donors (Lipinski definition) is 2. The summed E-state index contributed by atoms with van der Waals surface area (Å²) in [5.41, 5.74) is 14.2. The van der Waals surface area contributed by atoms with Gasteiger partial charge in [0.15, 0.2) is 11.5 Å². The molecule has 2 aromatic heterocycles. The molecular formula is C51H60N4O2. The highest BCUT2D eigenvalue weighted by Gasteiger charge is 2.31. The molecule has 0 saturated heterocycles. The van der Waals surface area contributed by atoms with E-state index < -0.39 is 0 Å². The van der Waals surface area contributed by atoms with Crippen LogP contribution in [0.3, 0.4) is 0 Å². The quantitative estimate of drug-likeness (QED) is 0.0908. The van der Waals surface area contributed by atoms with Gasteiger partial charge in [0, 0.05) is 46.4 Å². The van der Waals surface area contributed by atoms with E-state index in [0.29, 0.717) is 12.8 Å². The normalized spacial score (nSPS) is 11.8. The highest BCUT2D eigenvalue weighted by atomic mass is 16.5. The zero-order valence-corrected chi connectivity index (χ0v) is 35.3. The Morgan fingerprint density at radius 2 is 0.754 bits per heavy atom. The zero-order valence-electron chi connectivity index (χ0n) is 35.3. The minimum Gasteiger partial charge on any atom is -0.383 e. The fourth-order valence-electron chi connectivity index (χ4n) is 8.12. The van der Waals surface area contributed by atoms with Crippen molar-refractivity contribution in [3.8, 4) is 44.8 Å². The molecule has 0 saturated carbocycles. The fraction of sp³-hybridized carbons (Fsp3) is 0.333. The average molecular weight is 761 g/mol. The molecule has 0 bridgehead atoms. The average Bonchev–Trinajstić information content (AvgIpc) is 3.81. The fourth-order valence-corrected chi connectivity index (χ4v) is 8.12. The lowest BCUT2D eigenvalue weighted by atomic mass is 9.86. The molecule has 0 aliphatic carbocycles. The molecule has 0 aliphatic rings. The van der Waals surface area contributed by atoms with Gasteiger partial charge in [-0.15, -0.1) is 0 Å². The first-order chi connectivity index (χ1) is 27.3. The van der Waals surface area contributed by atoms with Gasteiger partial charge in [0.1, 0.15) is 11.4 Å². The van der Waals surface area contributed by atoms with E-state index >= 15 is 0 Å². The molecule has 57 heavy (non-hydrogen) atoms. The van der Waals surface area contributed by atoms with E-state index in [1.807, 2.05) is 0 Å². The Balaban J connectivity index is 1.16. The van der Waals surface area contributed by atoms with Crippen LogP contribution < -0.4 is 10.6 Å². The van der Waals surface area contributed by atoms with Crippen molar-refractivity contribution in [2.75, 3.05) is 0 Å². The van der Waals surface area contributed by atoms with Gasteiger partial charge in [0.05, 0.1) is 11.1 Å². The molecule has 296 valence electrons. The first-order valence-electron chi connectivity index (χ1n) is 20.6. The Morgan fingerprint density at radius 3 is 1.04 bits per heavy atom. The van der Waals surface area contributed by atoms with Crippen LogP contribution in [-0.2, 0) is 38.5 Å². The molecule has 0 unspecified atom stereocenters. The summed E-state index contributed by atoms with van der Waals surface area (Å²) in [7, 11) is 0. The molecule has 4 aromatic carbocycles. The number of nitrogens with one attached hydrogen (secondary N) is 2. The van der Waals surface area contributed by atoms with Gasteiger partial charge >= 0.3 is 0 Å². The van der Waals surface area contributed by atoms with Gasteiger partial charge in [-0.2, -0.15) is 0 Å². The van der Waals surface area contributed by atoms with Crippen LogP contribution in [0.2, 0.25) is 0 Å². The second-order valence-corrected chi connectivity index (χ2v) is 16.6. The Bertz CT molecular complexity index is 2110. The molecule has 0 spiro atoms. The van der Waals surface area contributed by atoms with Gasteiger partial charge in [0.2, 0.25) is 0 Å². The number of rotatable bonds is 18. The Kier molecular flexibility index (Phi) is 12.7. The van der Waals surface area contributed by atoms with Crippen LogP contribution in [0.4, 0.5) is 0 Å². The third kappa shape index (κ3) is 10.0. The van der Waals surface area contributed by atoms with Crippen molar-refractivity contribution in [3.05, 3.63) is 155 Å². The maximum atomic E-state index is 6.12. The predicted molar refractivity (Wildman–Crippen MR) is 237 cm³/mol. The Labute approximate surface area is 340 Å². The summed E-state index contributed by atoms with van der Waals surface area (Å²) in [4.78, 5) is 0. The van der Waals surface area contributed by atoms with Crippen molar-refractivity contribution in [2.24, 2.45) is 0 Å². The smallest absolute Gasteiger partial charge is 0.151 e. The lowest BCUT2D eigenvalue weighted by Crippen LogP contribution is -2.50. The maximum Gasteiger partial charge on any atom is 0.151 e. The number of hydrogen-bond acceptors (Lipinski definition) is 6. The van der Waals surface area contributed by atoms with Crippen molar-refractivity contribution in [3.63, 3.8) is 0 Å². The van der Waals surface area contributed by atoms with Gasteiger partial charge in [0.25, 0.3) is 0 Å². The van der Waals surface area contributed by atoms with Crippen LogP contribution in [0.1, 0.15) is 95.6 Å². The SMILES string of the molecule is C=C(Cc1onc(-c2ccc(CC)cc2)c1-c1ccc(CC)cc1)NC(C)(C)CC(C)(C)NC(=C)Cc1onc(-c2ccc(CC)cc2)c1-c1ccc(CC)cc1. The lowest BCUT2D eigenvalue weighted by molar-refractivity contribution is 0.272. The van der Waals surface area contributed by atoms with E-state index in [2.05, 4.69) is 187 Å². The van der Waals surface area contributed by atoms with Crippen molar-refractivity contribution in [1.82, 2.24) is 20.9 Å². The Morgan fingerprint density at radius 1 is 0.474 bits per heavy atom. The van der Waals surface area contributed by atoms with Gasteiger partial charge in [-0.1, -0.05) is 148 Å². The minimum absolute atomic E-state index is 0.314. The molecule has 6 nitrogen and oxygen atoms in total. The van der Waals surface area contributed by atoms with Crippen LogP contribution in [0.5, 0.6) is 0 Å². The van der Waals surface area contributed by atoms with Gasteiger partial charge in [-0.25, -0.2) is 0 Å². The van der Waals surface area contributed by atoms with Gasteiger partial charge in [-0.05, 0) is 93.2 Å². The molecule has 6 aromatic rings. The predicted octanol–water partition coefficient (Wildman–Crippen LogP) is 12.5. The van der Waals surface area contributed by atoms with E-state index in [0.717, 1.165) is 99.8 Å². The molecule has 6 rings (SSSR count). The third-order valence-electron chi connectivity index (χ3n) is 10.8. The summed E-state index contributed by atoms with van der Waals surface area (Å²) >= 11 is 0. The van der Waals surface area contributed by atoms with Crippen LogP contribution in [0.15, 0.2) is 131 Å². The molecule has 0 atom stereocenters. The van der Waals surface area contributed by atoms with Crippen molar-refractivity contribution >= 4 is 0 Å². The molecule has 6 heteroatoms. The third-order valence-corrected chi connectivity index (χ3v) is 10.8. The summed E-state index contributed by atoms with van der Waals surface area (Å²) in [6, 6.07) is 34.7. The van der Waals surface area contributed by atoms with Crippen molar-refractivity contribution < 1.29 is 9.05 Å². The molecule has 2 heterocycles. The molecule has 0 amide bonds. The highest BCUT2D eigenvalue weighted by molar-refractivity contribution is 5.83. The molecule has 0 aliphatic heterocycles. The van der Waals surface area contributed by atoms with Crippen molar-refractivity contribution in [1.29, 1.82) is 0 Å². The first-order valence-corrected chi connectivity index (χ1v) is 20.6. The second-order valence-electron chi connectivity index (χ2n) is 16.6. The number of benzene rings is 4. The maximum absolute atomic E-state index is 6.12. The number of aryl methyl sites for hydroxylation is 4. The van der Waals surface area contributed by atoms with Crippen molar-refractivity contribution in [2.45, 2.75) is 111 Å². The van der Waals surface area contributed by atoms with Gasteiger partial charge < -0.3 is 19.7 Å². The van der Waals surface area contributed by atoms with Crippen LogP contribution in [0, 0.1) is 0 Å². The second kappa shape index (κ2) is 17.7. The molecule has 0 radical (unpaired) electrons. The monoisotopic (exact) mass is 760 g/mol. The van der Waals surface area contributed by atoms with E-state index in [4.69, 9.17) is 9.05 Å². The number of aromatic nitrogens is 2. The molecular weight excluding hydrogens is 701 g/mol. The Hall–Kier alpha value is -5.62. The summed E-state index contributed by atoms with van der Waals surface area (Å²) in [6.45, 7) is 26.5. The lowest BCUT2D eigenvalue weighted by Gasteiger charge is -2.38. The van der Waals surface area contributed by atoms with Crippen LogP contribution in [0.25, 0.3) is 44.8 Å². The van der Waals surface area contributed by atoms with E-state index in [9.17, 15) is 0 Å². The molecule has 0 fully saturated rings. The zero-order chi connectivity index (χ0) is 40.7. The topological polar surface area (TPSA) is 76.1 Å². The molecule has 2 N–H and O–H groups in total. The van der Waals surface area contributed by atoms with Crippen LogP contribution >= 0.6 is 0 Å². The highest BCUT2D eigenvalue weighted by Crippen LogP contribution is 2.38. The first kappa shape index (κ1) is 41.0. The van der Waals surface area contributed by atoms with Crippen LogP contribution in [-0.4, -0.2) is 21.4 Å². The summed E-state index contributed by atoms with van der Waals surface area (Å²) in [6.07, 6.45) is 5.75. The number of nitrogens with zero attached hydrogens (tertiary/aromatic N) is 2. The summed E-state index contributed by atoms with van der Waals surface area (Å²) in [5, 5.41) is 16.7. The minimum atomic E-state index is -0.314. The summed E-state index contributed by atoms with van der Waals surface area (Å²) in [5.74, 6) is 1.58. The van der Waals surface area contributed by atoms with E-state index in [-0.39, 0.29) is 11.1 Å². The summed E-state index contributed by atoms with van der Waals surface area (Å²) < 4.78 is 12.2. The standard InChI is InChI=1S/C51H60N4O2/c1-11-36-15-23-40(24-16-36)46-44(56-54-48(46)42-27-19-38(13-3)20-28-42)31-34(5)52-50(7,8)33-51(9,10)53-35(6)32-45-47(41-25-17-37(12-2)18-26-41)49(55-57-45)43-29-21-39(14-4)22-30-43/h15-30,52-53H,5-6,11-14,31-33H2,1-4,7-10H3. The van der Waals surface area contributed by atoms with E-state index in [1.54, 1.807) is 0 Å². The number of allylic oxidation sites excluding steroid dienone is 2. The van der Waals surface area contributed by atoms with E-state index in [1.165, 1.54) is 22.3 Å².